The van der Waals surface area contributed by atoms with E-state index in [1.165, 1.54) is 19.3 Å². The molecule has 0 heterocycles. The second-order valence-corrected chi connectivity index (χ2v) is 8.71. The van der Waals surface area contributed by atoms with Crippen molar-refractivity contribution in [1.29, 1.82) is 0 Å². The molecule has 0 radical (unpaired) electrons. The van der Waals surface area contributed by atoms with Gasteiger partial charge in [-0.1, -0.05) is 0 Å². The Morgan fingerprint density at radius 1 is 0.857 bits per heavy atom. The fourth-order valence-electron chi connectivity index (χ4n) is 5.86. The Morgan fingerprint density at radius 3 is 1.81 bits per heavy atom. The molecule has 0 aromatic carbocycles. The van der Waals surface area contributed by atoms with Crippen molar-refractivity contribution in [1.82, 2.24) is 0 Å². The van der Waals surface area contributed by atoms with Gasteiger partial charge in [-0.3, -0.25) is 9.59 Å². The number of Topliss-reactive ketones (excluding diaryl/α,β-unsaturated/α-hetero) is 1. The van der Waals surface area contributed by atoms with Crippen LogP contribution in [-0.4, -0.2) is 17.4 Å². The number of ketones is 1. The third-order valence-corrected chi connectivity index (χ3v) is 6.85. The summed E-state index contributed by atoms with van der Waals surface area (Å²) in [6.45, 7) is 0. The smallest absolute Gasteiger partial charge is 0.320 e. The number of hydrogen-bond donors (Lipinski definition) is 0. The van der Waals surface area contributed by atoms with Crippen LogP contribution in [0.5, 0.6) is 0 Å². The first-order valence-electron chi connectivity index (χ1n) is 8.86. The summed E-state index contributed by atoms with van der Waals surface area (Å²) in [4.78, 5) is 25.2. The average Bonchev–Trinajstić information content (AvgIpc) is 3.29. The zero-order valence-electron chi connectivity index (χ0n) is 12.6. The Balaban J connectivity index is 1.35. The second-order valence-electron chi connectivity index (χ2n) is 8.71. The monoisotopic (exact) mass is 288 g/mol. The maximum absolute atomic E-state index is 12.7. The van der Waals surface area contributed by atoms with Crippen molar-refractivity contribution in [3.8, 4) is 0 Å². The minimum Gasteiger partial charge on any atom is -0.458 e. The van der Waals surface area contributed by atoms with Gasteiger partial charge in [-0.05, 0) is 82.0 Å². The van der Waals surface area contributed by atoms with Crippen molar-refractivity contribution in [2.24, 2.45) is 29.1 Å². The van der Waals surface area contributed by atoms with Crippen molar-refractivity contribution in [3.63, 3.8) is 0 Å². The van der Waals surface area contributed by atoms with E-state index in [0.29, 0.717) is 0 Å². The summed E-state index contributed by atoms with van der Waals surface area (Å²) in [6.07, 6.45) is 10.7. The number of esters is 1. The maximum Gasteiger partial charge on any atom is 0.320 e. The van der Waals surface area contributed by atoms with E-state index >= 15 is 0 Å². The lowest BCUT2D eigenvalue weighted by atomic mass is 9.54. The quantitative estimate of drug-likeness (QED) is 0.589. The van der Waals surface area contributed by atoms with Crippen LogP contribution < -0.4 is 0 Å². The molecule has 6 rings (SSSR count). The van der Waals surface area contributed by atoms with Crippen LogP contribution >= 0.6 is 0 Å². The molecule has 6 saturated carbocycles. The molecule has 0 aromatic heterocycles. The van der Waals surface area contributed by atoms with Gasteiger partial charge >= 0.3 is 5.97 Å². The van der Waals surface area contributed by atoms with E-state index in [1.807, 2.05) is 0 Å². The molecule has 0 unspecified atom stereocenters. The Hall–Kier alpha value is -0.860. The third-order valence-electron chi connectivity index (χ3n) is 6.85. The standard InChI is InChI=1S/C18H24O3/c19-15(14-1-2-14)18(3-4-18)16(20)21-17-8-11-5-12(9-17)7-13(6-11)10-17/h11-14H,1-10H2. The highest BCUT2D eigenvalue weighted by atomic mass is 16.6. The number of hydrogen-bond acceptors (Lipinski definition) is 3. The Morgan fingerprint density at radius 2 is 1.38 bits per heavy atom. The highest BCUT2D eigenvalue weighted by Gasteiger charge is 2.63. The molecule has 0 spiro atoms. The van der Waals surface area contributed by atoms with Crippen LogP contribution in [0.15, 0.2) is 0 Å². The lowest BCUT2D eigenvalue weighted by Gasteiger charge is -2.55. The van der Waals surface area contributed by atoms with Gasteiger partial charge in [-0.15, -0.1) is 0 Å². The van der Waals surface area contributed by atoms with E-state index in [2.05, 4.69) is 0 Å². The topological polar surface area (TPSA) is 43.4 Å². The summed E-state index contributed by atoms with van der Waals surface area (Å²) >= 11 is 0. The molecule has 0 saturated heterocycles. The first-order chi connectivity index (χ1) is 10.1. The molecule has 114 valence electrons. The molecular weight excluding hydrogens is 264 g/mol. The average molecular weight is 288 g/mol. The highest BCUT2D eigenvalue weighted by Crippen LogP contribution is 2.59. The Bertz CT molecular complexity index is 477. The predicted molar refractivity (Wildman–Crippen MR) is 76.4 cm³/mol. The minimum absolute atomic E-state index is 0.152. The van der Waals surface area contributed by atoms with Crippen LogP contribution in [0, 0.1) is 29.1 Å². The van der Waals surface area contributed by atoms with E-state index in [1.54, 1.807) is 0 Å². The van der Waals surface area contributed by atoms with Crippen molar-refractivity contribution in [2.45, 2.75) is 69.8 Å². The molecule has 6 aliphatic rings. The van der Waals surface area contributed by atoms with Crippen molar-refractivity contribution in [3.05, 3.63) is 0 Å². The van der Waals surface area contributed by atoms with E-state index in [9.17, 15) is 9.59 Å². The molecule has 0 atom stereocenters. The molecule has 3 nitrogen and oxygen atoms in total. The molecule has 3 heteroatoms. The van der Waals surface area contributed by atoms with E-state index in [4.69, 9.17) is 4.74 Å². The van der Waals surface area contributed by atoms with Crippen LogP contribution in [0.1, 0.15) is 64.2 Å². The van der Waals surface area contributed by atoms with Gasteiger partial charge in [0.1, 0.15) is 11.0 Å². The largest absolute Gasteiger partial charge is 0.458 e. The van der Waals surface area contributed by atoms with E-state index in [0.717, 1.165) is 62.7 Å². The minimum atomic E-state index is -0.704. The van der Waals surface area contributed by atoms with Crippen LogP contribution in [-0.2, 0) is 14.3 Å². The summed E-state index contributed by atoms with van der Waals surface area (Å²) in [7, 11) is 0. The van der Waals surface area contributed by atoms with E-state index < -0.39 is 5.41 Å². The molecular formula is C18H24O3. The van der Waals surface area contributed by atoms with E-state index in [-0.39, 0.29) is 23.3 Å². The predicted octanol–water partition coefficient (Wildman–Crippen LogP) is 3.26. The van der Waals surface area contributed by atoms with Gasteiger partial charge < -0.3 is 4.74 Å². The van der Waals surface area contributed by atoms with Gasteiger partial charge in [0, 0.05) is 5.92 Å². The zero-order valence-corrected chi connectivity index (χ0v) is 12.6. The summed E-state index contributed by atoms with van der Waals surface area (Å²) in [5.41, 5.74) is -0.893. The van der Waals surface area contributed by atoms with Crippen LogP contribution in [0.25, 0.3) is 0 Å². The molecule has 6 fully saturated rings. The molecule has 0 amide bonds. The number of ether oxygens (including phenoxy) is 1. The summed E-state index contributed by atoms with van der Waals surface area (Å²) in [6, 6.07) is 0. The number of rotatable bonds is 4. The van der Waals surface area contributed by atoms with Crippen LogP contribution in [0.3, 0.4) is 0 Å². The lowest BCUT2D eigenvalue weighted by molar-refractivity contribution is -0.192. The van der Waals surface area contributed by atoms with Crippen molar-refractivity contribution < 1.29 is 14.3 Å². The van der Waals surface area contributed by atoms with Crippen molar-refractivity contribution in [2.75, 3.05) is 0 Å². The van der Waals surface area contributed by atoms with Crippen molar-refractivity contribution >= 4 is 11.8 Å². The van der Waals surface area contributed by atoms with Gasteiger partial charge in [0.25, 0.3) is 0 Å². The summed E-state index contributed by atoms with van der Waals surface area (Å²) in [5, 5.41) is 0. The molecule has 0 aromatic rings. The third kappa shape index (κ3) is 1.85. The summed E-state index contributed by atoms with van der Waals surface area (Å²) < 4.78 is 6.12. The maximum atomic E-state index is 12.7. The van der Waals surface area contributed by atoms with Gasteiger partial charge in [0.2, 0.25) is 0 Å². The second kappa shape index (κ2) is 3.91. The molecule has 0 N–H and O–H groups in total. The van der Waals surface area contributed by atoms with Gasteiger partial charge in [0.05, 0.1) is 0 Å². The molecule has 4 bridgehead atoms. The lowest BCUT2D eigenvalue weighted by Crippen LogP contribution is -2.53. The van der Waals surface area contributed by atoms with Crippen LogP contribution in [0.2, 0.25) is 0 Å². The number of carbonyl (C=O) groups is 2. The molecule has 6 aliphatic carbocycles. The first-order valence-corrected chi connectivity index (χ1v) is 8.86. The fraction of sp³-hybridized carbons (Fsp3) is 0.889. The molecule has 21 heavy (non-hydrogen) atoms. The van der Waals surface area contributed by atoms with Gasteiger partial charge in [0.15, 0.2) is 5.78 Å². The number of carbonyl (C=O) groups excluding carboxylic acids is 2. The zero-order chi connectivity index (χ0) is 14.2. The first kappa shape index (κ1) is 12.7. The Labute approximate surface area is 125 Å². The molecule has 0 aliphatic heterocycles. The normalized spacial score (nSPS) is 45.4. The summed E-state index contributed by atoms with van der Waals surface area (Å²) in [5.74, 6) is 2.56. The Kier molecular flexibility index (Phi) is 2.36. The highest BCUT2D eigenvalue weighted by molar-refractivity contribution is 6.08. The van der Waals surface area contributed by atoms with Crippen LogP contribution in [0.4, 0.5) is 0 Å². The van der Waals surface area contributed by atoms with Gasteiger partial charge in [-0.2, -0.15) is 0 Å². The van der Waals surface area contributed by atoms with Gasteiger partial charge in [-0.25, -0.2) is 0 Å². The SMILES string of the molecule is O=C(OC12CC3CC(CC(C3)C1)C2)C1(C(=O)C2CC2)CC1. The fourth-order valence-corrected chi connectivity index (χ4v) is 5.86.